The first-order chi connectivity index (χ1) is 37.7. The van der Waals surface area contributed by atoms with Crippen molar-refractivity contribution in [3.8, 4) is 34.0 Å². The van der Waals surface area contributed by atoms with Crippen LogP contribution in [0.1, 0.15) is 44.2 Å². The molecule has 18 nitrogen and oxygen atoms in total. The summed E-state index contributed by atoms with van der Waals surface area (Å²) in [6.07, 6.45) is 14.1. The van der Waals surface area contributed by atoms with Crippen LogP contribution in [-0.4, -0.2) is 139 Å². The van der Waals surface area contributed by atoms with Crippen LogP contribution < -0.4 is 40.5 Å². The number of quaternary nitrogens is 1. The molecular formula is C60H71N14O4+. The van der Waals surface area contributed by atoms with E-state index < -0.39 is 0 Å². The number of likely N-dealkylation sites (N-methyl/N-ethyl adjacent to an activating group) is 4. The highest BCUT2D eigenvalue weighted by Gasteiger charge is 2.29. The van der Waals surface area contributed by atoms with E-state index in [9.17, 15) is 9.59 Å². The molecule has 78 heavy (non-hydrogen) atoms. The fourth-order valence-corrected chi connectivity index (χ4v) is 9.93. The molecule has 4 aromatic carbocycles. The van der Waals surface area contributed by atoms with E-state index in [1.165, 1.54) is 42.8 Å². The molecule has 0 aliphatic heterocycles. The lowest BCUT2D eigenvalue weighted by atomic mass is 10.1. The van der Waals surface area contributed by atoms with Crippen LogP contribution in [0.15, 0.2) is 122 Å². The predicted octanol–water partition coefficient (Wildman–Crippen LogP) is 10.3. The number of nitrogens with zero attached hydrogens (tertiary/aromatic N) is 10. The smallest absolute Gasteiger partial charge is 0.247 e. The molecule has 4 aromatic heterocycles. The van der Waals surface area contributed by atoms with Gasteiger partial charge in [0.2, 0.25) is 23.7 Å². The third kappa shape index (κ3) is 11.9. The third-order valence-corrected chi connectivity index (χ3v) is 14.8. The monoisotopic (exact) mass is 1050 g/mol. The van der Waals surface area contributed by atoms with Gasteiger partial charge in [-0.2, -0.15) is 0 Å². The number of fused-ring (bicyclic) bond motifs is 2. The maximum Gasteiger partial charge on any atom is 0.247 e. The van der Waals surface area contributed by atoms with Crippen molar-refractivity contribution in [2.45, 2.75) is 44.2 Å². The van der Waals surface area contributed by atoms with E-state index >= 15 is 0 Å². The molecule has 0 bridgehead atoms. The molecule has 4 N–H and O–H groups in total. The molecule has 2 fully saturated rings. The Kier molecular flexibility index (Phi) is 15.4. The van der Waals surface area contributed by atoms with Crippen LogP contribution in [0, 0.1) is 0 Å². The normalized spacial score (nSPS) is 13.4. The van der Waals surface area contributed by atoms with Gasteiger partial charge in [-0.3, -0.25) is 9.59 Å². The summed E-state index contributed by atoms with van der Waals surface area (Å²) in [5.41, 5.74) is 10.0. The fourth-order valence-electron chi connectivity index (χ4n) is 9.93. The van der Waals surface area contributed by atoms with Crippen LogP contribution in [0.25, 0.3) is 44.3 Å². The number of nitrogens with one attached hydrogen (secondary N) is 4. The van der Waals surface area contributed by atoms with Gasteiger partial charge in [0.05, 0.1) is 99.9 Å². The largest absolute Gasteiger partial charge is 0.494 e. The highest BCUT2D eigenvalue weighted by Crippen LogP contribution is 2.44. The number of carbonyl (C=O) groups is 2. The van der Waals surface area contributed by atoms with Gasteiger partial charge < -0.3 is 59.1 Å². The number of carbonyl (C=O) groups excluding carboxylic acids is 2. The molecular weight excluding hydrogens is 981 g/mol. The molecule has 8 aromatic rings. The summed E-state index contributed by atoms with van der Waals surface area (Å²) < 4.78 is 17.2. The number of amides is 2. The standard InChI is InChI=1S/C60H70N14O4/c1-10-57(75)63-47-33-49(67-59-61-26-23-45(65-59)43-37-72(39-19-20-39)51-17-13-11-15-41(43)51)56(78-9)36-54(47)71(5)30-32-74(6,7)31-25-58(76)64-48-34-50(55(77-8)35-53(48)70(4)29-28-69(2)3)68-60-62-27-24-46(66-60)44-38-73(40-21-22-40)52-18-14-12-16-42(44)52/h10-18,23-24,26-27,33-40H,1,19-22,25,28-32H2,2-9H3,(H3-,61,62,63,64,65,66,67,68,75,76)/p+1. The maximum atomic E-state index is 14.1. The SMILES string of the molecule is C=CC(=O)Nc1cc(Nc2nccc(-c3cn(C4CC4)c4ccccc34)n2)c(OC)cc1N(C)CC[N+](C)(C)CCC(=O)Nc1cc(Nc2nccc(-c3cn(C4CC4)c4ccccc34)n2)c(OC)cc1N(C)CCN(C)C. The van der Waals surface area contributed by atoms with Gasteiger partial charge in [-0.25, -0.2) is 19.9 Å². The van der Waals surface area contributed by atoms with Crippen molar-refractivity contribution in [3.63, 3.8) is 0 Å². The number of hydrogen-bond acceptors (Lipinski definition) is 13. The number of methoxy groups -OCH3 is 2. The summed E-state index contributed by atoms with van der Waals surface area (Å²) in [6, 6.07) is 29.3. The van der Waals surface area contributed by atoms with Crippen LogP contribution >= 0.6 is 0 Å². The lowest BCUT2D eigenvalue weighted by molar-refractivity contribution is -0.888. The Morgan fingerprint density at radius 2 is 1.14 bits per heavy atom. The van der Waals surface area contributed by atoms with E-state index in [0.717, 1.165) is 51.2 Å². The summed E-state index contributed by atoms with van der Waals surface area (Å²) >= 11 is 0. The molecule has 0 unspecified atom stereocenters. The maximum absolute atomic E-state index is 14.1. The minimum absolute atomic E-state index is 0.125. The van der Waals surface area contributed by atoms with Crippen molar-refractivity contribution >= 4 is 79.6 Å². The van der Waals surface area contributed by atoms with Gasteiger partial charge in [0, 0.05) is 109 Å². The average molecular weight is 1050 g/mol. The number of anilines is 8. The summed E-state index contributed by atoms with van der Waals surface area (Å²) in [7, 11) is 15.5. The first-order valence-electron chi connectivity index (χ1n) is 26.7. The summed E-state index contributed by atoms with van der Waals surface area (Å²) in [5.74, 6) is 1.43. The number of rotatable bonds is 24. The highest BCUT2D eigenvalue weighted by atomic mass is 16.5. The highest BCUT2D eigenvalue weighted by molar-refractivity contribution is 6.02. The summed E-state index contributed by atoms with van der Waals surface area (Å²) in [5, 5.41) is 15.3. The second-order valence-electron chi connectivity index (χ2n) is 21.3. The van der Waals surface area contributed by atoms with Gasteiger partial charge in [0.15, 0.2) is 0 Å². The van der Waals surface area contributed by atoms with Crippen LogP contribution in [0.4, 0.5) is 46.0 Å². The molecule has 2 aliphatic rings. The first kappa shape index (κ1) is 52.9. The second kappa shape index (κ2) is 22.6. The molecule has 0 atom stereocenters. The van der Waals surface area contributed by atoms with E-state index in [2.05, 4.69) is 137 Å². The Labute approximate surface area is 456 Å². The van der Waals surface area contributed by atoms with Crippen LogP contribution in [-0.2, 0) is 9.59 Å². The molecule has 0 saturated heterocycles. The minimum atomic E-state index is -0.355. The fraction of sp³-hybridized carbons (Fsp3) is 0.333. The van der Waals surface area contributed by atoms with Crippen molar-refractivity contribution in [1.82, 2.24) is 34.0 Å². The first-order valence-corrected chi connectivity index (χ1v) is 26.7. The van der Waals surface area contributed by atoms with E-state index in [1.807, 2.05) is 64.6 Å². The van der Waals surface area contributed by atoms with Crippen molar-refractivity contribution in [2.75, 3.05) is 120 Å². The number of ether oxygens (including phenoxy) is 2. The molecule has 2 amide bonds. The number of benzene rings is 4. The lowest BCUT2D eigenvalue weighted by Gasteiger charge is -2.33. The Morgan fingerprint density at radius 3 is 1.62 bits per heavy atom. The van der Waals surface area contributed by atoms with E-state index in [-0.39, 0.29) is 18.2 Å². The number of para-hydroxylation sites is 2. The molecule has 404 valence electrons. The van der Waals surface area contributed by atoms with Crippen molar-refractivity contribution < 1.29 is 23.5 Å². The third-order valence-electron chi connectivity index (χ3n) is 14.8. The molecule has 0 radical (unpaired) electrons. The Balaban J connectivity index is 0.830. The van der Waals surface area contributed by atoms with Crippen LogP contribution in [0.5, 0.6) is 11.5 Å². The van der Waals surface area contributed by atoms with E-state index in [4.69, 9.17) is 19.4 Å². The van der Waals surface area contributed by atoms with Crippen molar-refractivity contribution in [2.24, 2.45) is 0 Å². The summed E-state index contributed by atoms with van der Waals surface area (Å²) in [6.45, 7) is 7.03. The van der Waals surface area contributed by atoms with E-state index in [1.54, 1.807) is 26.6 Å². The zero-order valence-corrected chi connectivity index (χ0v) is 46.0. The number of aromatic nitrogens is 6. The van der Waals surface area contributed by atoms with Gasteiger partial charge in [-0.1, -0.05) is 43.0 Å². The zero-order valence-electron chi connectivity index (χ0n) is 46.0. The average Bonchev–Trinajstić information content (AvgIpc) is 4.43. The Bertz CT molecular complexity index is 3500. The molecule has 2 saturated carbocycles. The van der Waals surface area contributed by atoms with Crippen molar-refractivity contribution in [1.29, 1.82) is 0 Å². The second-order valence-corrected chi connectivity index (χ2v) is 21.3. The zero-order chi connectivity index (χ0) is 54.7. The quantitative estimate of drug-likeness (QED) is 0.0333. The van der Waals surface area contributed by atoms with Crippen molar-refractivity contribution in [3.05, 3.63) is 122 Å². The van der Waals surface area contributed by atoms with Crippen LogP contribution in [0.3, 0.4) is 0 Å². The van der Waals surface area contributed by atoms with Crippen LogP contribution in [0.2, 0.25) is 0 Å². The Morgan fingerprint density at radius 1 is 0.654 bits per heavy atom. The van der Waals surface area contributed by atoms with Gasteiger partial charge in [-0.05, 0) is 82.3 Å². The molecule has 18 heteroatoms. The van der Waals surface area contributed by atoms with Gasteiger partial charge in [0.1, 0.15) is 11.5 Å². The topological polar surface area (TPSA) is 172 Å². The predicted molar refractivity (Wildman–Crippen MR) is 314 cm³/mol. The van der Waals surface area contributed by atoms with Gasteiger partial charge in [-0.15, -0.1) is 0 Å². The Hall–Kier alpha value is -8.48. The number of hydrogen-bond donors (Lipinski definition) is 4. The van der Waals surface area contributed by atoms with Gasteiger partial charge in [0.25, 0.3) is 0 Å². The minimum Gasteiger partial charge on any atom is -0.494 e. The molecule has 4 heterocycles. The molecule has 2 aliphatic carbocycles. The molecule has 10 rings (SSSR count). The molecule has 0 spiro atoms. The lowest BCUT2D eigenvalue weighted by Crippen LogP contribution is -2.46. The summed E-state index contributed by atoms with van der Waals surface area (Å²) in [4.78, 5) is 52.5. The van der Waals surface area contributed by atoms with E-state index in [0.29, 0.717) is 88.9 Å². The van der Waals surface area contributed by atoms with Gasteiger partial charge >= 0.3 is 0 Å².